The highest BCUT2D eigenvalue weighted by atomic mass is 16.4. The standard InChI is InChI=1S/C10H15NO3/c12-9(7-3-1-4-7)11-6-2-5-8(11)10(13)14/h7-8H,1-6H2,(H,13,14)/t8-/m0/s1. The SMILES string of the molecule is O=C(O)[C@@H]1CCCN1C(=O)C1CCC1. The fourth-order valence-corrected chi connectivity index (χ4v) is 2.18. The van der Waals surface area contributed by atoms with Crippen molar-refractivity contribution in [2.45, 2.75) is 38.1 Å². The Kier molecular flexibility index (Phi) is 2.44. The van der Waals surface area contributed by atoms with Crippen molar-refractivity contribution in [2.75, 3.05) is 6.54 Å². The van der Waals surface area contributed by atoms with Gasteiger partial charge in [-0.1, -0.05) is 6.42 Å². The van der Waals surface area contributed by atoms with Crippen LogP contribution in [0.5, 0.6) is 0 Å². The molecule has 1 heterocycles. The molecule has 78 valence electrons. The van der Waals surface area contributed by atoms with Gasteiger partial charge in [-0.2, -0.15) is 0 Å². The molecule has 14 heavy (non-hydrogen) atoms. The number of aliphatic carboxylic acids is 1. The van der Waals surface area contributed by atoms with E-state index < -0.39 is 12.0 Å². The highest BCUT2D eigenvalue weighted by Gasteiger charge is 2.38. The number of nitrogens with zero attached hydrogens (tertiary/aromatic N) is 1. The molecule has 0 spiro atoms. The molecule has 0 unspecified atom stereocenters. The van der Waals surface area contributed by atoms with Gasteiger partial charge in [0, 0.05) is 12.5 Å². The lowest BCUT2D eigenvalue weighted by molar-refractivity contribution is -0.151. The molecule has 0 radical (unpaired) electrons. The molecule has 1 aliphatic carbocycles. The maximum Gasteiger partial charge on any atom is 0.326 e. The van der Waals surface area contributed by atoms with Gasteiger partial charge in [0.1, 0.15) is 6.04 Å². The predicted octanol–water partition coefficient (Wildman–Crippen LogP) is 0.862. The van der Waals surface area contributed by atoms with Crippen LogP contribution in [0.2, 0.25) is 0 Å². The van der Waals surface area contributed by atoms with Crippen molar-refractivity contribution < 1.29 is 14.7 Å². The van der Waals surface area contributed by atoms with Crippen molar-refractivity contribution in [3.63, 3.8) is 0 Å². The van der Waals surface area contributed by atoms with Crippen LogP contribution in [0.1, 0.15) is 32.1 Å². The summed E-state index contributed by atoms with van der Waals surface area (Å²) >= 11 is 0. The van der Waals surface area contributed by atoms with Crippen LogP contribution >= 0.6 is 0 Å². The van der Waals surface area contributed by atoms with Crippen LogP contribution < -0.4 is 0 Å². The summed E-state index contributed by atoms with van der Waals surface area (Å²) in [6, 6.07) is -0.553. The topological polar surface area (TPSA) is 57.6 Å². The Balaban J connectivity index is 2.01. The van der Waals surface area contributed by atoms with E-state index in [-0.39, 0.29) is 11.8 Å². The van der Waals surface area contributed by atoms with E-state index in [2.05, 4.69) is 0 Å². The van der Waals surface area contributed by atoms with Gasteiger partial charge >= 0.3 is 5.97 Å². The summed E-state index contributed by atoms with van der Waals surface area (Å²) in [7, 11) is 0. The zero-order valence-electron chi connectivity index (χ0n) is 8.11. The third-order valence-corrected chi connectivity index (χ3v) is 3.28. The Morgan fingerprint density at radius 2 is 1.86 bits per heavy atom. The molecular weight excluding hydrogens is 182 g/mol. The van der Waals surface area contributed by atoms with E-state index >= 15 is 0 Å². The molecule has 2 fully saturated rings. The fourth-order valence-electron chi connectivity index (χ4n) is 2.18. The van der Waals surface area contributed by atoms with Gasteiger partial charge in [0.05, 0.1) is 0 Å². The van der Waals surface area contributed by atoms with Crippen molar-refractivity contribution in [3.8, 4) is 0 Å². The second kappa shape index (κ2) is 3.59. The first kappa shape index (κ1) is 9.49. The molecule has 1 aliphatic heterocycles. The first-order valence-electron chi connectivity index (χ1n) is 5.23. The van der Waals surface area contributed by atoms with Crippen LogP contribution in [-0.2, 0) is 9.59 Å². The van der Waals surface area contributed by atoms with Crippen molar-refractivity contribution in [2.24, 2.45) is 5.92 Å². The van der Waals surface area contributed by atoms with Crippen LogP contribution in [0.25, 0.3) is 0 Å². The first-order valence-corrected chi connectivity index (χ1v) is 5.23. The van der Waals surface area contributed by atoms with Gasteiger partial charge in [-0.3, -0.25) is 4.79 Å². The summed E-state index contributed by atoms with van der Waals surface area (Å²) in [6.45, 7) is 0.631. The quantitative estimate of drug-likeness (QED) is 0.714. The molecule has 0 bridgehead atoms. The molecule has 1 N–H and O–H groups in total. The molecule has 1 saturated carbocycles. The Morgan fingerprint density at radius 1 is 1.14 bits per heavy atom. The summed E-state index contributed by atoms with van der Waals surface area (Å²) in [5.41, 5.74) is 0. The highest BCUT2D eigenvalue weighted by Crippen LogP contribution is 2.31. The maximum atomic E-state index is 11.8. The predicted molar refractivity (Wildman–Crippen MR) is 49.7 cm³/mol. The van der Waals surface area contributed by atoms with Gasteiger partial charge < -0.3 is 10.0 Å². The molecule has 2 aliphatic rings. The normalized spacial score (nSPS) is 27.4. The minimum absolute atomic E-state index is 0.0705. The molecule has 2 rings (SSSR count). The van der Waals surface area contributed by atoms with Gasteiger partial charge in [0.25, 0.3) is 0 Å². The number of likely N-dealkylation sites (tertiary alicyclic amines) is 1. The third kappa shape index (κ3) is 1.49. The van der Waals surface area contributed by atoms with Crippen LogP contribution in [0, 0.1) is 5.92 Å². The smallest absolute Gasteiger partial charge is 0.326 e. The van der Waals surface area contributed by atoms with Crippen molar-refractivity contribution in [1.82, 2.24) is 4.90 Å². The summed E-state index contributed by atoms with van der Waals surface area (Å²) < 4.78 is 0. The first-order chi connectivity index (χ1) is 6.70. The van der Waals surface area contributed by atoms with E-state index in [1.165, 1.54) is 0 Å². The van der Waals surface area contributed by atoms with Gasteiger partial charge in [-0.15, -0.1) is 0 Å². The number of amides is 1. The fraction of sp³-hybridized carbons (Fsp3) is 0.800. The molecule has 4 heteroatoms. The number of carboxylic acids is 1. The number of carboxylic acid groups (broad SMARTS) is 1. The van der Waals surface area contributed by atoms with E-state index in [4.69, 9.17) is 5.11 Å². The van der Waals surface area contributed by atoms with Crippen molar-refractivity contribution in [1.29, 1.82) is 0 Å². The second-order valence-electron chi connectivity index (χ2n) is 4.16. The average Bonchev–Trinajstić information content (AvgIpc) is 2.47. The molecular formula is C10H15NO3. The largest absolute Gasteiger partial charge is 0.480 e. The van der Waals surface area contributed by atoms with Gasteiger partial charge in [-0.05, 0) is 25.7 Å². The Morgan fingerprint density at radius 3 is 2.36 bits per heavy atom. The van der Waals surface area contributed by atoms with Crippen LogP contribution in [0.4, 0.5) is 0 Å². The second-order valence-corrected chi connectivity index (χ2v) is 4.16. The third-order valence-electron chi connectivity index (χ3n) is 3.28. The van der Waals surface area contributed by atoms with E-state index in [1.54, 1.807) is 4.90 Å². The molecule has 1 saturated heterocycles. The minimum atomic E-state index is -0.852. The average molecular weight is 197 g/mol. The van der Waals surface area contributed by atoms with E-state index in [0.717, 1.165) is 25.7 Å². The van der Waals surface area contributed by atoms with E-state index in [1.807, 2.05) is 0 Å². The van der Waals surface area contributed by atoms with Crippen molar-refractivity contribution >= 4 is 11.9 Å². The van der Waals surface area contributed by atoms with Gasteiger partial charge in [0.15, 0.2) is 0 Å². The number of rotatable bonds is 2. The Hall–Kier alpha value is -1.06. The number of carbonyl (C=O) groups excluding carboxylic acids is 1. The number of hydrogen-bond donors (Lipinski definition) is 1. The molecule has 1 amide bonds. The number of carbonyl (C=O) groups is 2. The summed E-state index contributed by atoms with van der Waals surface area (Å²) in [4.78, 5) is 24.2. The zero-order valence-corrected chi connectivity index (χ0v) is 8.11. The van der Waals surface area contributed by atoms with Gasteiger partial charge in [0.2, 0.25) is 5.91 Å². The monoisotopic (exact) mass is 197 g/mol. The Bertz CT molecular complexity index is 260. The molecule has 0 aromatic heterocycles. The highest BCUT2D eigenvalue weighted by molar-refractivity contribution is 5.86. The lowest BCUT2D eigenvalue weighted by atomic mass is 9.84. The Labute approximate surface area is 82.9 Å². The zero-order chi connectivity index (χ0) is 10.1. The van der Waals surface area contributed by atoms with Gasteiger partial charge in [-0.25, -0.2) is 4.79 Å². The van der Waals surface area contributed by atoms with Crippen LogP contribution in [-0.4, -0.2) is 34.5 Å². The molecule has 0 aromatic carbocycles. The lowest BCUT2D eigenvalue weighted by Crippen LogP contribution is -2.45. The van der Waals surface area contributed by atoms with Crippen LogP contribution in [0.3, 0.4) is 0 Å². The van der Waals surface area contributed by atoms with Crippen LogP contribution in [0.15, 0.2) is 0 Å². The molecule has 0 aromatic rings. The lowest BCUT2D eigenvalue weighted by Gasteiger charge is -2.31. The molecule has 4 nitrogen and oxygen atoms in total. The summed E-state index contributed by atoms with van der Waals surface area (Å²) in [5.74, 6) is -0.661. The minimum Gasteiger partial charge on any atom is -0.480 e. The van der Waals surface area contributed by atoms with E-state index in [9.17, 15) is 9.59 Å². The maximum absolute atomic E-state index is 11.8. The van der Waals surface area contributed by atoms with Crippen molar-refractivity contribution in [3.05, 3.63) is 0 Å². The number of hydrogen-bond acceptors (Lipinski definition) is 2. The summed E-state index contributed by atoms with van der Waals surface area (Å²) in [6.07, 6.45) is 4.45. The van der Waals surface area contributed by atoms with E-state index in [0.29, 0.717) is 13.0 Å². The molecule has 1 atom stereocenters. The summed E-state index contributed by atoms with van der Waals surface area (Å²) in [5, 5.41) is 8.91.